The van der Waals surface area contributed by atoms with Crippen LogP contribution in [-0.4, -0.2) is 16.7 Å². The van der Waals surface area contributed by atoms with Crippen molar-refractivity contribution >= 4 is 5.69 Å². The van der Waals surface area contributed by atoms with Crippen LogP contribution in [-0.2, 0) is 13.2 Å². The third-order valence-corrected chi connectivity index (χ3v) is 2.78. The van der Waals surface area contributed by atoms with E-state index in [2.05, 4.69) is 15.0 Å². The molecule has 0 unspecified atom stereocenters. The SMILES string of the molecule is OCc1ccncc1NCc1ccc(OC(F)F)c(F)c1. The van der Waals surface area contributed by atoms with E-state index in [-0.39, 0.29) is 13.2 Å². The van der Waals surface area contributed by atoms with Gasteiger partial charge in [-0.15, -0.1) is 0 Å². The molecule has 0 aliphatic heterocycles. The van der Waals surface area contributed by atoms with Gasteiger partial charge in [-0.2, -0.15) is 8.78 Å². The fourth-order valence-corrected chi connectivity index (χ4v) is 1.76. The third kappa shape index (κ3) is 4.09. The number of rotatable bonds is 6. The van der Waals surface area contributed by atoms with Crippen molar-refractivity contribution < 1.29 is 23.0 Å². The van der Waals surface area contributed by atoms with E-state index in [4.69, 9.17) is 5.11 Å². The summed E-state index contributed by atoms with van der Waals surface area (Å²) in [5.41, 5.74) is 1.82. The fraction of sp³-hybridized carbons (Fsp3) is 0.214. The van der Waals surface area contributed by atoms with Crippen LogP contribution in [0.25, 0.3) is 0 Å². The van der Waals surface area contributed by atoms with Crippen LogP contribution in [0, 0.1) is 5.82 Å². The lowest BCUT2D eigenvalue weighted by molar-refractivity contribution is -0.0522. The molecular formula is C14H13F3N2O2. The zero-order chi connectivity index (χ0) is 15.2. The molecule has 1 heterocycles. The minimum absolute atomic E-state index is 0.152. The normalized spacial score (nSPS) is 10.7. The number of nitrogens with one attached hydrogen (secondary N) is 1. The van der Waals surface area contributed by atoms with Crippen molar-refractivity contribution in [3.63, 3.8) is 0 Å². The highest BCUT2D eigenvalue weighted by atomic mass is 19.3. The number of hydrogen-bond donors (Lipinski definition) is 2. The summed E-state index contributed by atoms with van der Waals surface area (Å²) in [4.78, 5) is 3.92. The zero-order valence-electron chi connectivity index (χ0n) is 10.9. The molecule has 0 radical (unpaired) electrons. The second kappa shape index (κ2) is 6.94. The number of aliphatic hydroxyl groups excluding tert-OH is 1. The Morgan fingerprint density at radius 2 is 2.10 bits per heavy atom. The quantitative estimate of drug-likeness (QED) is 0.861. The molecule has 4 nitrogen and oxygen atoms in total. The Hall–Kier alpha value is -2.28. The van der Waals surface area contributed by atoms with Crippen LogP contribution in [0.5, 0.6) is 5.75 Å². The Labute approximate surface area is 119 Å². The van der Waals surface area contributed by atoms with Crippen molar-refractivity contribution in [1.29, 1.82) is 0 Å². The van der Waals surface area contributed by atoms with Gasteiger partial charge in [0, 0.05) is 18.3 Å². The topological polar surface area (TPSA) is 54.4 Å². The average molecular weight is 298 g/mol. The number of halogens is 3. The van der Waals surface area contributed by atoms with E-state index in [1.54, 1.807) is 12.3 Å². The predicted molar refractivity (Wildman–Crippen MR) is 70.5 cm³/mol. The van der Waals surface area contributed by atoms with Gasteiger partial charge in [0.1, 0.15) is 0 Å². The Morgan fingerprint density at radius 1 is 1.29 bits per heavy atom. The van der Waals surface area contributed by atoms with E-state index >= 15 is 0 Å². The highest BCUT2D eigenvalue weighted by Crippen LogP contribution is 2.21. The van der Waals surface area contributed by atoms with Crippen molar-refractivity contribution in [2.45, 2.75) is 19.8 Å². The van der Waals surface area contributed by atoms with E-state index < -0.39 is 18.2 Å². The molecule has 1 aromatic carbocycles. The molecule has 0 spiro atoms. The van der Waals surface area contributed by atoms with Crippen LogP contribution >= 0.6 is 0 Å². The van der Waals surface area contributed by atoms with Crippen LogP contribution in [0.15, 0.2) is 36.7 Å². The van der Waals surface area contributed by atoms with Gasteiger partial charge in [-0.05, 0) is 23.8 Å². The minimum atomic E-state index is -3.06. The maximum atomic E-state index is 13.5. The number of aromatic nitrogens is 1. The molecule has 21 heavy (non-hydrogen) atoms. The maximum absolute atomic E-state index is 13.5. The van der Waals surface area contributed by atoms with Gasteiger partial charge >= 0.3 is 6.61 Å². The van der Waals surface area contributed by atoms with Crippen LogP contribution in [0.4, 0.5) is 18.9 Å². The summed E-state index contributed by atoms with van der Waals surface area (Å²) in [6, 6.07) is 5.39. The molecule has 2 aromatic rings. The second-order valence-corrected chi connectivity index (χ2v) is 4.19. The second-order valence-electron chi connectivity index (χ2n) is 4.19. The number of benzene rings is 1. The van der Waals surface area contributed by atoms with Crippen LogP contribution in [0.1, 0.15) is 11.1 Å². The molecule has 0 aliphatic rings. The molecule has 0 saturated heterocycles. The first-order valence-corrected chi connectivity index (χ1v) is 6.11. The van der Waals surface area contributed by atoms with Gasteiger partial charge < -0.3 is 15.2 Å². The standard InChI is InChI=1S/C14H13F3N2O2/c15-11-5-9(1-2-13(11)21-14(16)17)6-19-12-7-18-4-3-10(12)8-20/h1-5,7,14,19-20H,6,8H2. The van der Waals surface area contributed by atoms with Gasteiger partial charge in [0.15, 0.2) is 11.6 Å². The summed E-state index contributed by atoms with van der Waals surface area (Å²) in [6.45, 7) is -2.96. The van der Waals surface area contributed by atoms with Gasteiger partial charge in [0.05, 0.1) is 18.5 Å². The molecule has 7 heteroatoms. The molecule has 0 aliphatic carbocycles. The lowest BCUT2D eigenvalue weighted by Gasteiger charge is -2.11. The first kappa shape index (κ1) is 15.1. The monoisotopic (exact) mass is 298 g/mol. The smallest absolute Gasteiger partial charge is 0.387 e. The highest BCUT2D eigenvalue weighted by molar-refractivity contribution is 5.49. The molecule has 1 aromatic heterocycles. The van der Waals surface area contributed by atoms with E-state index in [0.717, 1.165) is 12.1 Å². The predicted octanol–water partition coefficient (Wildman–Crippen LogP) is 2.93. The van der Waals surface area contributed by atoms with Crippen molar-refractivity contribution in [1.82, 2.24) is 4.98 Å². The van der Waals surface area contributed by atoms with Crippen molar-refractivity contribution in [3.8, 4) is 5.75 Å². The lowest BCUT2D eigenvalue weighted by Crippen LogP contribution is -2.06. The Morgan fingerprint density at radius 3 is 2.76 bits per heavy atom. The van der Waals surface area contributed by atoms with Crippen LogP contribution in [0.2, 0.25) is 0 Å². The summed E-state index contributed by atoms with van der Waals surface area (Å²) in [5, 5.41) is 12.2. The summed E-state index contributed by atoms with van der Waals surface area (Å²) < 4.78 is 41.6. The minimum Gasteiger partial charge on any atom is -0.432 e. The van der Waals surface area contributed by atoms with E-state index in [0.29, 0.717) is 16.8 Å². The van der Waals surface area contributed by atoms with Crippen molar-refractivity contribution in [3.05, 3.63) is 53.6 Å². The van der Waals surface area contributed by atoms with Crippen molar-refractivity contribution in [2.75, 3.05) is 5.32 Å². The fourth-order valence-electron chi connectivity index (χ4n) is 1.76. The maximum Gasteiger partial charge on any atom is 0.387 e. The molecule has 0 amide bonds. The number of ether oxygens (including phenoxy) is 1. The molecule has 112 valence electrons. The average Bonchev–Trinajstić information content (AvgIpc) is 2.47. The van der Waals surface area contributed by atoms with Crippen LogP contribution in [0.3, 0.4) is 0 Å². The molecule has 2 rings (SSSR count). The molecule has 0 bridgehead atoms. The molecule has 2 N–H and O–H groups in total. The largest absolute Gasteiger partial charge is 0.432 e. The lowest BCUT2D eigenvalue weighted by atomic mass is 10.2. The first-order valence-electron chi connectivity index (χ1n) is 6.11. The summed E-state index contributed by atoms with van der Waals surface area (Å²) in [5.74, 6) is -1.35. The zero-order valence-corrected chi connectivity index (χ0v) is 10.9. The third-order valence-electron chi connectivity index (χ3n) is 2.78. The number of hydrogen-bond acceptors (Lipinski definition) is 4. The number of pyridine rings is 1. The van der Waals surface area contributed by atoms with Crippen molar-refractivity contribution in [2.24, 2.45) is 0 Å². The van der Waals surface area contributed by atoms with Gasteiger partial charge in [0.2, 0.25) is 0 Å². The van der Waals surface area contributed by atoms with Gasteiger partial charge in [0.25, 0.3) is 0 Å². The number of alkyl halides is 2. The first-order chi connectivity index (χ1) is 10.1. The summed E-state index contributed by atoms with van der Waals surface area (Å²) >= 11 is 0. The number of aliphatic hydroxyl groups is 1. The Bertz CT molecular complexity index is 609. The van der Waals surface area contributed by atoms with E-state index in [1.807, 2.05) is 0 Å². The summed E-state index contributed by atoms with van der Waals surface area (Å²) in [6.07, 6.45) is 3.09. The van der Waals surface area contributed by atoms with Crippen LogP contribution < -0.4 is 10.1 Å². The highest BCUT2D eigenvalue weighted by Gasteiger charge is 2.10. The van der Waals surface area contributed by atoms with Gasteiger partial charge in [-0.3, -0.25) is 4.98 Å². The summed E-state index contributed by atoms with van der Waals surface area (Å²) in [7, 11) is 0. The molecule has 0 saturated carbocycles. The molecular weight excluding hydrogens is 285 g/mol. The van der Waals surface area contributed by atoms with E-state index in [9.17, 15) is 13.2 Å². The molecule has 0 atom stereocenters. The van der Waals surface area contributed by atoms with E-state index in [1.165, 1.54) is 12.3 Å². The molecule has 0 fully saturated rings. The number of nitrogens with zero attached hydrogens (tertiary/aromatic N) is 1. The van der Waals surface area contributed by atoms with Gasteiger partial charge in [-0.25, -0.2) is 4.39 Å². The number of anilines is 1. The van der Waals surface area contributed by atoms with Gasteiger partial charge in [-0.1, -0.05) is 6.07 Å². The Kier molecular flexibility index (Phi) is 4.99. The Balaban J connectivity index is 2.05.